The number of carbonyl (C=O) groups excluding carboxylic acids is 1. The van der Waals surface area contributed by atoms with Crippen LogP contribution in [0.25, 0.3) is 10.9 Å². The first-order valence-corrected chi connectivity index (χ1v) is 6.15. The van der Waals surface area contributed by atoms with Gasteiger partial charge in [-0.15, -0.1) is 0 Å². The number of fused-ring (bicyclic) bond motifs is 1. The minimum atomic E-state index is 0.348. The van der Waals surface area contributed by atoms with E-state index in [1.54, 1.807) is 0 Å². The van der Waals surface area contributed by atoms with Crippen molar-refractivity contribution in [1.29, 1.82) is 0 Å². The number of rotatable bonds is 5. The van der Waals surface area contributed by atoms with Crippen molar-refractivity contribution in [3.8, 4) is 0 Å². The summed E-state index contributed by atoms with van der Waals surface area (Å²) in [4.78, 5) is 15.9. The summed E-state index contributed by atoms with van der Waals surface area (Å²) < 4.78 is 0. The summed E-state index contributed by atoms with van der Waals surface area (Å²) in [7, 11) is 0. The highest BCUT2D eigenvalue weighted by molar-refractivity contribution is 5.80. The van der Waals surface area contributed by atoms with E-state index in [1.165, 1.54) is 0 Å². The van der Waals surface area contributed by atoms with Gasteiger partial charge in [-0.05, 0) is 30.5 Å². The molecule has 88 valence electrons. The maximum atomic E-state index is 11.5. The van der Waals surface area contributed by atoms with Gasteiger partial charge in [-0.1, -0.05) is 25.1 Å². The molecule has 2 heteroatoms. The van der Waals surface area contributed by atoms with E-state index < -0.39 is 0 Å². The summed E-state index contributed by atoms with van der Waals surface area (Å²) in [5.74, 6) is 0.348. The number of Topliss-reactive ketones (excluding diaryl/α,β-unsaturated/α-hetero) is 1. The third-order valence-electron chi connectivity index (χ3n) is 2.87. The van der Waals surface area contributed by atoms with Gasteiger partial charge in [-0.3, -0.25) is 9.78 Å². The first kappa shape index (κ1) is 11.8. The van der Waals surface area contributed by atoms with Crippen molar-refractivity contribution >= 4 is 16.7 Å². The summed E-state index contributed by atoms with van der Waals surface area (Å²) in [5.41, 5.74) is 2.16. The Morgan fingerprint density at radius 3 is 2.88 bits per heavy atom. The molecule has 0 unspecified atom stereocenters. The zero-order valence-corrected chi connectivity index (χ0v) is 10.1. The van der Waals surface area contributed by atoms with Crippen LogP contribution >= 0.6 is 0 Å². The molecule has 0 radical (unpaired) electrons. The molecule has 17 heavy (non-hydrogen) atoms. The lowest BCUT2D eigenvalue weighted by Crippen LogP contribution is -1.99. The molecular formula is C15H17NO. The molecule has 0 fully saturated rings. The number of hydrogen-bond acceptors (Lipinski definition) is 2. The maximum absolute atomic E-state index is 11.5. The van der Waals surface area contributed by atoms with Gasteiger partial charge in [0.25, 0.3) is 0 Å². The Balaban J connectivity index is 2.06. The Morgan fingerprint density at radius 2 is 2.06 bits per heavy atom. The van der Waals surface area contributed by atoms with Crippen molar-refractivity contribution in [2.45, 2.75) is 32.6 Å². The fraction of sp³-hybridized carbons (Fsp3) is 0.333. The predicted octanol–water partition coefficient (Wildman–Crippen LogP) is 3.54. The standard InChI is InChI=1S/C15H17NO/c1-2-5-14(17)9-8-12-10-13-6-3-4-7-15(13)16-11-12/h3-4,6-7,10-11H,2,5,8-9H2,1H3. The van der Waals surface area contributed by atoms with Crippen LogP contribution in [0.15, 0.2) is 36.5 Å². The van der Waals surface area contributed by atoms with Crippen LogP contribution in [-0.2, 0) is 11.2 Å². The highest BCUT2D eigenvalue weighted by Crippen LogP contribution is 2.14. The number of benzene rings is 1. The third-order valence-corrected chi connectivity index (χ3v) is 2.87. The number of aromatic nitrogens is 1. The number of pyridine rings is 1. The quantitative estimate of drug-likeness (QED) is 0.782. The van der Waals surface area contributed by atoms with Gasteiger partial charge in [0.2, 0.25) is 0 Å². The van der Waals surface area contributed by atoms with E-state index in [1.807, 2.05) is 31.3 Å². The second-order valence-corrected chi connectivity index (χ2v) is 4.32. The summed E-state index contributed by atoms with van der Waals surface area (Å²) in [6.07, 6.45) is 4.95. The average molecular weight is 227 g/mol. The van der Waals surface area contributed by atoms with Crippen LogP contribution < -0.4 is 0 Å². The molecule has 1 aromatic carbocycles. The monoisotopic (exact) mass is 227 g/mol. The fourth-order valence-electron chi connectivity index (χ4n) is 1.94. The highest BCUT2D eigenvalue weighted by atomic mass is 16.1. The zero-order valence-electron chi connectivity index (χ0n) is 10.1. The predicted molar refractivity (Wildman–Crippen MR) is 70.0 cm³/mol. The number of nitrogens with zero attached hydrogens (tertiary/aromatic N) is 1. The van der Waals surface area contributed by atoms with E-state index in [0.29, 0.717) is 18.6 Å². The second-order valence-electron chi connectivity index (χ2n) is 4.32. The lowest BCUT2D eigenvalue weighted by Gasteiger charge is -2.02. The number of aryl methyl sites for hydroxylation is 1. The topological polar surface area (TPSA) is 30.0 Å². The molecule has 0 N–H and O–H groups in total. The minimum Gasteiger partial charge on any atom is -0.300 e. The number of carbonyl (C=O) groups is 1. The van der Waals surface area contributed by atoms with Crippen LogP contribution in [0.3, 0.4) is 0 Å². The summed E-state index contributed by atoms with van der Waals surface area (Å²) in [6.45, 7) is 2.04. The molecule has 0 aliphatic rings. The van der Waals surface area contributed by atoms with Crippen LogP contribution in [0.1, 0.15) is 31.7 Å². The Hall–Kier alpha value is -1.70. The zero-order chi connectivity index (χ0) is 12.1. The van der Waals surface area contributed by atoms with Crippen LogP contribution in [0.5, 0.6) is 0 Å². The Kier molecular flexibility index (Phi) is 3.86. The van der Waals surface area contributed by atoms with Crippen molar-refractivity contribution in [3.05, 3.63) is 42.1 Å². The van der Waals surface area contributed by atoms with Gasteiger partial charge in [-0.25, -0.2) is 0 Å². The van der Waals surface area contributed by atoms with E-state index in [2.05, 4.69) is 17.1 Å². The Morgan fingerprint density at radius 1 is 1.24 bits per heavy atom. The number of ketones is 1. The maximum Gasteiger partial charge on any atom is 0.133 e. The number of para-hydroxylation sites is 1. The average Bonchev–Trinajstić information content (AvgIpc) is 2.36. The molecule has 0 saturated carbocycles. The van der Waals surface area contributed by atoms with Crippen LogP contribution in [0.4, 0.5) is 0 Å². The fourth-order valence-corrected chi connectivity index (χ4v) is 1.94. The highest BCUT2D eigenvalue weighted by Gasteiger charge is 2.02. The van der Waals surface area contributed by atoms with Gasteiger partial charge in [0.15, 0.2) is 0 Å². The summed E-state index contributed by atoms with van der Waals surface area (Å²) in [6, 6.07) is 10.2. The van der Waals surface area contributed by atoms with Crippen LogP contribution in [-0.4, -0.2) is 10.8 Å². The largest absolute Gasteiger partial charge is 0.300 e. The molecule has 0 atom stereocenters. The van der Waals surface area contributed by atoms with Crippen molar-refractivity contribution in [2.75, 3.05) is 0 Å². The van der Waals surface area contributed by atoms with E-state index in [9.17, 15) is 4.79 Å². The lowest BCUT2D eigenvalue weighted by atomic mass is 10.1. The molecule has 1 aromatic heterocycles. The molecule has 2 nitrogen and oxygen atoms in total. The Bertz CT molecular complexity index is 519. The van der Waals surface area contributed by atoms with Crippen LogP contribution in [0, 0.1) is 0 Å². The van der Waals surface area contributed by atoms with Crippen molar-refractivity contribution in [3.63, 3.8) is 0 Å². The van der Waals surface area contributed by atoms with Crippen molar-refractivity contribution in [1.82, 2.24) is 4.98 Å². The van der Waals surface area contributed by atoms with Gasteiger partial charge in [0, 0.05) is 24.4 Å². The van der Waals surface area contributed by atoms with Gasteiger partial charge >= 0.3 is 0 Å². The van der Waals surface area contributed by atoms with E-state index in [4.69, 9.17) is 0 Å². The molecule has 0 saturated heterocycles. The van der Waals surface area contributed by atoms with Gasteiger partial charge in [-0.2, -0.15) is 0 Å². The molecule has 0 aliphatic carbocycles. The van der Waals surface area contributed by atoms with Gasteiger partial charge < -0.3 is 0 Å². The number of hydrogen-bond donors (Lipinski definition) is 0. The molecule has 0 spiro atoms. The SMILES string of the molecule is CCCC(=O)CCc1cnc2ccccc2c1. The molecule has 1 heterocycles. The molecule has 2 rings (SSSR count). The molecule has 0 aliphatic heterocycles. The minimum absolute atomic E-state index is 0.348. The first-order chi connectivity index (χ1) is 8.29. The molecule has 0 bridgehead atoms. The smallest absolute Gasteiger partial charge is 0.133 e. The van der Waals surface area contributed by atoms with Gasteiger partial charge in [0.05, 0.1) is 5.52 Å². The lowest BCUT2D eigenvalue weighted by molar-refractivity contribution is -0.119. The summed E-state index contributed by atoms with van der Waals surface area (Å²) in [5, 5.41) is 1.15. The first-order valence-electron chi connectivity index (χ1n) is 6.15. The second kappa shape index (κ2) is 5.58. The van der Waals surface area contributed by atoms with Gasteiger partial charge in [0.1, 0.15) is 5.78 Å². The normalized spacial score (nSPS) is 10.6. The summed E-state index contributed by atoms with van der Waals surface area (Å²) >= 11 is 0. The molecule has 0 amide bonds. The molecular weight excluding hydrogens is 210 g/mol. The third kappa shape index (κ3) is 3.13. The Labute approximate surface area is 102 Å². The van der Waals surface area contributed by atoms with Crippen LogP contribution in [0.2, 0.25) is 0 Å². The van der Waals surface area contributed by atoms with Crippen molar-refractivity contribution in [2.24, 2.45) is 0 Å². The van der Waals surface area contributed by atoms with E-state index >= 15 is 0 Å². The van der Waals surface area contributed by atoms with Crippen molar-refractivity contribution < 1.29 is 4.79 Å². The molecule has 2 aromatic rings. The van der Waals surface area contributed by atoms with E-state index in [-0.39, 0.29) is 0 Å². The van der Waals surface area contributed by atoms with E-state index in [0.717, 1.165) is 29.3 Å².